The molecule has 0 spiro atoms. The number of benzene rings is 3. The van der Waals surface area contributed by atoms with Gasteiger partial charge in [0.25, 0.3) is 0 Å². The van der Waals surface area contributed by atoms with Gasteiger partial charge in [-0.25, -0.2) is 0 Å². The Morgan fingerprint density at radius 2 is 1.32 bits per heavy atom. The lowest BCUT2D eigenvalue weighted by Gasteiger charge is -2.22. The van der Waals surface area contributed by atoms with Gasteiger partial charge in [-0.05, 0) is 59.6 Å². The highest BCUT2D eigenvalue weighted by molar-refractivity contribution is 9.10. The molecular formula is C31H42BrNO. The van der Waals surface area contributed by atoms with Crippen molar-refractivity contribution >= 4 is 43.3 Å². The van der Waals surface area contributed by atoms with Crippen LogP contribution in [0.1, 0.15) is 94.8 Å². The number of Topliss-reactive ketones (excluding diaryl/α,β-unsaturated/α-hetero) is 1. The Hall–Kier alpha value is -1.71. The molecular weight excluding hydrogens is 482 g/mol. The van der Waals surface area contributed by atoms with E-state index in [1.165, 1.54) is 80.4 Å². The largest absolute Gasteiger partial charge is 0.303 e. The second kappa shape index (κ2) is 14.6. The summed E-state index contributed by atoms with van der Waals surface area (Å²) in [6, 6.07) is 16.8. The van der Waals surface area contributed by atoms with Crippen LogP contribution in [-0.4, -0.2) is 30.3 Å². The Bertz CT molecular complexity index is 1030. The normalized spacial score (nSPS) is 11.6. The lowest BCUT2D eigenvalue weighted by atomic mass is 9.98. The molecule has 3 aromatic rings. The average molecular weight is 525 g/mol. The van der Waals surface area contributed by atoms with Gasteiger partial charge in [0.1, 0.15) is 0 Å². The second-order valence-electron chi connectivity index (χ2n) is 9.68. The molecule has 0 fully saturated rings. The topological polar surface area (TPSA) is 20.3 Å². The molecule has 34 heavy (non-hydrogen) atoms. The van der Waals surface area contributed by atoms with Gasteiger partial charge in [0.2, 0.25) is 0 Å². The first kappa shape index (κ1) is 26.9. The van der Waals surface area contributed by atoms with Crippen molar-refractivity contribution in [3.63, 3.8) is 0 Å². The van der Waals surface area contributed by atoms with Crippen LogP contribution in [0, 0.1) is 0 Å². The molecule has 0 aliphatic heterocycles. The standard InChI is InChI=1S/C31H42BrNO/c1-3-5-7-9-13-20-33(21-14-10-8-6-4-2)22-19-31(34)26-18-17-25-24-30(32)28-16-12-11-15-27(28)29(25)23-26/h11-12,15-18,23-24H,3-10,13-14,19-22H2,1-2H3. The predicted molar refractivity (Wildman–Crippen MR) is 152 cm³/mol. The number of carbonyl (C=O) groups is 1. The van der Waals surface area contributed by atoms with Crippen molar-refractivity contribution in [3.05, 3.63) is 58.6 Å². The monoisotopic (exact) mass is 523 g/mol. The molecule has 0 atom stereocenters. The molecule has 0 heterocycles. The highest BCUT2D eigenvalue weighted by Gasteiger charge is 2.12. The zero-order chi connectivity index (χ0) is 24.2. The highest BCUT2D eigenvalue weighted by Crippen LogP contribution is 2.32. The quantitative estimate of drug-likeness (QED) is 0.106. The van der Waals surface area contributed by atoms with Gasteiger partial charge < -0.3 is 4.90 Å². The summed E-state index contributed by atoms with van der Waals surface area (Å²) in [6.45, 7) is 7.66. The molecule has 3 heteroatoms. The molecule has 0 saturated heterocycles. The smallest absolute Gasteiger partial charge is 0.164 e. The molecule has 0 unspecified atom stereocenters. The minimum Gasteiger partial charge on any atom is -0.303 e. The summed E-state index contributed by atoms with van der Waals surface area (Å²) < 4.78 is 1.10. The van der Waals surface area contributed by atoms with Crippen molar-refractivity contribution in [2.45, 2.75) is 84.5 Å². The molecule has 0 amide bonds. The van der Waals surface area contributed by atoms with E-state index in [0.717, 1.165) is 35.1 Å². The van der Waals surface area contributed by atoms with Gasteiger partial charge in [-0.3, -0.25) is 4.79 Å². The number of halogens is 1. The molecule has 0 bridgehead atoms. The molecule has 0 aliphatic rings. The molecule has 0 aromatic heterocycles. The van der Waals surface area contributed by atoms with E-state index in [2.05, 4.69) is 77.1 Å². The van der Waals surface area contributed by atoms with Gasteiger partial charge in [0.05, 0.1) is 0 Å². The summed E-state index contributed by atoms with van der Waals surface area (Å²) >= 11 is 3.70. The lowest BCUT2D eigenvalue weighted by Crippen LogP contribution is -2.28. The molecule has 184 valence electrons. The molecule has 0 saturated carbocycles. The van der Waals surface area contributed by atoms with E-state index in [0.29, 0.717) is 6.42 Å². The first-order valence-corrected chi connectivity index (χ1v) is 14.3. The van der Waals surface area contributed by atoms with Crippen molar-refractivity contribution in [2.75, 3.05) is 19.6 Å². The van der Waals surface area contributed by atoms with Crippen LogP contribution < -0.4 is 0 Å². The molecule has 2 nitrogen and oxygen atoms in total. The van der Waals surface area contributed by atoms with Crippen molar-refractivity contribution in [1.82, 2.24) is 4.90 Å². The van der Waals surface area contributed by atoms with Crippen LogP contribution in [0.4, 0.5) is 0 Å². The first-order chi connectivity index (χ1) is 16.6. The maximum absolute atomic E-state index is 13.2. The van der Waals surface area contributed by atoms with Gasteiger partial charge in [0, 0.05) is 23.0 Å². The zero-order valence-corrected chi connectivity index (χ0v) is 22.8. The van der Waals surface area contributed by atoms with Gasteiger partial charge in [-0.2, -0.15) is 0 Å². The third-order valence-corrected chi connectivity index (χ3v) is 7.60. The van der Waals surface area contributed by atoms with Gasteiger partial charge in [0.15, 0.2) is 5.78 Å². The van der Waals surface area contributed by atoms with E-state index >= 15 is 0 Å². The minimum atomic E-state index is 0.260. The van der Waals surface area contributed by atoms with Crippen molar-refractivity contribution in [2.24, 2.45) is 0 Å². The fraction of sp³-hybridized carbons (Fsp3) is 0.516. The third kappa shape index (κ3) is 7.92. The Morgan fingerprint density at radius 1 is 0.706 bits per heavy atom. The molecule has 0 aliphatic carbocycles. The van der Waals surface area contributed by atoms with Crippen molar-refractivity contribution in [1.29, 1.82) is 0 Å². The number of carbonyl (C=O) groups excluding carboxylic acids is 1. The number of unbranched alkanes of at least 4 members (excludes halogenated alkanes) is 8. The van der Waals surface area contributed by atoms with Gasteiger partial charge >= 0.3 is 0 Å². The van der Waals surface area contributed by atoms with E-state index < -0.39 is 0 Å². The predicted octanol–water partition coefficient (Wildman–Crippen LogP) is 9.57. The molecule has 3 aromatic carbocycles. The third-order valence-electron chi connectivity index (χ3n) is 6.94. The van der Waals surface area contributed by atoms with Gasteiger partial charge in [-0.1, -0.05) is 118 Å². The lowest BCUT2D eigenvalue weighted by molar-refractivity contribution is 0.0963. The minimum absolute atomic E-state index is 0.260. The van der Waals surface area contributed by atoms with E-state index in [9.17, 15) is 4.79 Å². The Balaban J connectivity index is 1.63. The van der Waals surface area contributed by atoms with Crippen molar-refractivity contribution in [3.8, 4) is 0 Å². The van der Waals surface area contributed by atoms with Crippen LogP contribution in [0.2, 0.25) is 0 Å². The highest BCUT2D eigenvalue weighted by atomic mass is 79.9. The van der Waals surface area contributed by atoms with Crippen LogP contribution in [0.15, 0.2) is 53.0 Å². The molecule has 0 N–H and O–H groups in total. The van der Waals surface area contributed by atoms with Crippen LogP contribution in [-0.2, 0) is 0 Å². The molecule has 3 rings (SSSR count). The van der Waals surface area contributed by atoms with Crippen LogP contribution in [0.3, 0.4) is 0 Å². The van der Waals surface area contributed by atoms with E-state index in [1.54, 1.807) is 0 Å². The van der Waals surface area contributed by atoms with Gasteiger partial charge in [-0.15, -0.1) is 0 Å². The summed E-state index contributed by atoms with van der Waals surface area (Å²) in [5.74, 6) is 0.260. The number of hydrogen-bond donors (Lipinski definition) is 0. The van der Waals surface area contributed by atoms with Crippen molar-refractivity contribution < 1.29 is 4.79 Å². The number of nitrogens with zero attached hydrogens (tertiary/aromatic N) is 1. The Labute approximate surface area is 215 Å². The summed E-state index contributed by atoms with van der Waals surface area (Å²) in [6.07, 6.45) is 13.6. The first-order valence-electron chi connectivity index (χ1n) is 13.5. The fourth-order valence-electron chi connectivity index (χ4n) is 4.85. The summed E-state index contributed by atoms with van der Waals surface area (Å²) in [5, 5.41) is 4.72. The van der Waals surface area contributed by atoms with E-state index in [1.807, 2.05) is 6.07 Å². The summed E-state index contributed by atoms with van der Waals surface area (Å²) in [5.41, 5.74) is 0.839. The summed E-state index contributed by atoms with van der Waals surface area (Å²) in [4.78, 5) is 15.7. The fourth-order valence-corrected chi connectivity index (χ4v) is 5.44. The Morgan fingerprint density at radius 3 is 1.97 bits per heavy atom. The maximum atomic E-state index is 13.2. The number of fused-ring (bicyclic) bond motifs is 3. The van der Waals surface area contributed by atoms with E-state index in [4.69, 9.17) is 0 Å². The molecule has 0 radical (unpaired) electrons. The summed E-state index contributed by atoms with van der Waals surface area (Å²) in [7, 11) is 0. The average Bonchev–Trinajstić information content (AvgIpc) is 2.86. The van der Waals surface area contributed by atoms with Crippen LogP contribution in [0.5, 0.6) is 0 Å². The zero-order valence-electron chi connectivity index (χ0n) is 21.3. The number of ketones is 1. The Kier molecular flexibility index (Phi) is 11.6. The van der Waals surface area contributed by atoms with E-state index in [-0.39, 0.29) is 5.78 Å². The number of rotatable bonds is 16. The maximum Gasteiger partial charge on any atom is 0.164 e. The number of hydrogen-bond acceptors (Lipinski definition) is 2. The second-order valence-corrected chi connectivity index (χ2v) is 10.5. The van der Waals surface area contributed by atoms with Crippen LogP contribution >= 0.6 is 15.9 Å². The SMILES string of the molecule is CCCCCCCN(CCCCCCC)CCC(=O)c1ccc2cc(Br)c3ccccc3c2c1. The van der Waals surface area contributed by atoms with Crippen LogP contribution in [0.25, 0.3) is 21.5 Å².